The third-order valence-electron chi connectivity index (χ3n) is 4.40. The maximum absolute atomic E-state index is 13.0. The van der Waals surface area contributed by atoms with Crippen molar-refractivity contribution in [2.75, 3.05) is 6.61 Å². The molecule has 0 radical (unpaired) electrons. The van der Waals surface area contributed by atoms with E-state index in [0.717, 1.165) is 16.1 Å². The number of esters is 1. The second-order valence-electron chi connectivity index (χ2n) is 6.29. The maximum Gasteiger partial charge on any atom is 0.342 e. The largest absolute Gasteiger partial charge is 0.462 e. The van der Waals surface area contributed by atoms with E-state index in [4.69, 9.17) is 9.84 Å². The topological polar surface area (TPSA) is 44.1 Å². The molecule has 0 aliphatic rings. The Kier molecular flexibility index (Phi) is 5.68. The van der Waals surface area contributed by atoms with Gasteiger partial charge in [0.2, 0.25) is 0 Å². The van der Waals surface area contributed by atoms with Crippen molar-refractivity contribution in [3.63, 3.8) is 0 Å². The summed E-state index contributed by atoms with van der Waals surface area (Å²) in [5.41, 5.74) is 3.53. The minimum absolute atomic E-state index is 0.303. The lowest BCUT2D eigenvalue weighted by molar-refractivity contribution is 0.0527. The monoisotopic (exact) mass is 400 g/mol. The van der Waals surface area contributed by atoms with Gasteiger partial charge in [-0.1, -0.05) is 54.6 Å². The fourth-order valence-electron chi connectivity index (χ4n) is 3.10. The molecule has 0 fully saturated rings. The van der Waals surface area contributed by atoms with Crippen molar-refractivity contribution in [3.05, 3.63) is 94.3 Å². The molecule has 5 heteroatoms. The predicted octanol–water partition coefficient (Wildman–Crippen LogP) is 5.95. The Morgan fingerprint density at radius 2 is 1.72 bits per heavy atom. The number of hydrogen-bond acceptors (Lipinski definition) is 4. The highest BCUT2D eigenvalue weighted by atomic mass is 32.1. The van der Waals surface area contributed by atoms with Gasteiger partial charge in [0.05, 0.1) is 18.0 Å². The zero-order valence-electron chi connectivity index (χ0n) is 16.0. The summed E-state index contributed by atoms with van der Waals surface area (Å²) in [6, 6.07) is 23.6. The first-order valence-corrected chi connectivity index (χ1v) is 10.3. The Morgan fingerprint density at radius 1 is 1.00 bits per heavy atom. The Morgan fingerprint density at radius 3 is 2.38 bits per heavy atom. The van der Waals surface area contributed by atoms with Gasteiger partial charge in [-0.25, -0.2) is 9.48 Å². The molecule has 0 N–H and O–H groups in total. The number of rotatable bonds is 6. The number of ether oxygens (including phenoxy) is 1. The molecule has 0 atom stereocenters. The molecular formula is C24H20N2O2S. The van der Waals surface area contributed by atoms with Gasteiger partial charge in [-0.2, -0.15) is 5.10 Å². The Balaban J connectivity index is 1.95. The number of para-hydroxylation sites is 1. The van der Waals surface area contributed by atoms with Crippen LogP contribution in [0.5, 0.6) is 0 Å². The molecule has 29 heavy (non-hydrogen) atoms. The first kappa shape index (κ1) is 18.9. The van der Waals surface area contributed by atoms with Crippen molar-refractivity contribution in [3.8, 4) is 16.9 Å². The van der Waals surface area contributed by atoms with Crippen LogP contribution in [0.1, 0.15) is 27.9 Å². The van der Waals surface area contributed by atoms with Crippen LogP contribution in [0.3, 0.4) is 0 Å². The van der Waals surface area contributed by atoms with Crippen LogP contribution in [0.2, 0.25) is 0 Å². The first-order chi connectivity index (χ1) is 14.3. The van der Waals surface area contributed by atoms with Crippen LogP contribution < -0.4 is 0 Å². The third kappa shape index (κ3) is 4.05. The molecule has 0 saturated carbocycles. The smallest absolute Gasteiger partial charge is 0.342 e. The molecule has 144 valence electrons. The van der Waals surface area contributed by atoms with Gasteiger partial charge < -0.3 is 4.74 Å². The number of carbonyl (C=O) groups excluding carboxylic acids is 1. The van der Waals surface area contributed by atoms with E-state index < -0.39 is 0 Å². The minimum Gasteiger partial charge on any atom is -0.462 e. The zero-order valence-corrected chi connectivity index (χ0v) is 16.8. The summed E-state index contributed by atoms with van der Waals surface area (Å²) in [5.74, 6) is -0.376. The number of nitrogens with zero attached hydrogens (tertiary/aromatic N) is 2. The van der Waals surface area contributed by atoms with Gasteiger partial charge in [0.1, 0.15) is 11.3 Å². The minimum atomic E-state index is -0.376. The van der Waals surface area contributed by atoms with Crippen molar-refractivity contribution in [2.45, 2.75) is 6.92 Å². The van der Waals surface area contributed by atoms with E-state index in [-0.39, 0.29) is 5.97 Å². The molecule has 0 unspecified atom stereocenters. The highest BCUT2D eigenvalue weighted by Gasteiger charge is 2.25. The van der Waals surface area contributed by atoms with Gasteiger partial charge in [0, 0.05) is 10.4 Å². The highest BCUT2D eigenvalue weighted by molar-refractivity contribution is 7.10. The van der Waals surface area contributed by atoms with Gasteiger partial charge in [0.25, 0.3) is 0 Å². The molecule has 2 aromatic carbocycles. The molecule has 0 bridgehead atoms. The lowest BCUT2D eigenvalue weighted by Crippen LogP contribution is -2.08. The molecule has 4 nitrogen and oxygen atoms in total. The maximum atomic E-state index is 13.0. The van der Waals surface area contributed by atoms with E-state index in [1.807, 2.05) is 97.3 Å². The molecular weight excluding hydrogens is 380 g/mol. The van der Waals surface area contributed by atoms with E-state index in [0.29, 0.717) is 23.6 Å². The summed E-state index contributed by atoms with van der Waals surface area (Å²) >= 11 is 1.64. The first-order valence-electron chi connectivity index (χ1n) is 9.40. The quantitative estimate of drug-likeness (QED) is 0.376. The van der Waals surface area contributed by atoms with Gasteiger partial charge >= 0.3 is 5.97 Å². The predicted molar refractivity (Wildman–Crippen MR) is 118 cm³/mol. The molecule has 0 aliphatic heterocycles. The number of aromatic nitrogens is 2. The standard InChI is InChI=1S/C24H20N2O2S/c1-2-28-24(27)22-21(16-15-20-14-9-17-29-20)26(19-12-7-4-8-13-19)25-23(22)18-10-5-3-6-11-18/h3-17H,2H2,1H3. The molecule has 0 aliphatic carbocycles. The Hall–Kier alpha value is -3.44. The molecule has 0 spiro atoms. The van der Waals surface area contributed by atoms with E-state index in [9.17, 15) is 4.79 Å². The van der Waals surface area contributed by atoms with E-state index >= 15 is 0 Å². The van der Waals surface area contributed by atoms with E-state index in [1.54, 1.807) is 16.0 Å². The lowest BCUT2D eigenvalue weighted by Gasteiger charge is -2.06. The summed E-state index contributed by atoms with van der Waals surface area (Å²) in [7, 11) is 0. The number of thiophene rings is 1. The number of benzene rings is 2. The fourth-order valence-corrected chi connectivity index (χ4v) is 3.72. The van der Waals surface area contributed by atoms with Crippen molar-refractivity contribution >= 4 is 29.5 Å². The van der Waals surface area contributed by atoms with Crippen LogP contribution in [0.15, 0.2) is 78.2 Å². The normalized spacial score (nSPS) is 11.1. The second-order valence-corrected chi connectivity index (χ2v) is 7.27. The van der Waals surface area contributed by atoms with Crippen molar-refractivity contribution in [1.29, 1.82) is 0 Å². The summed E-state index contributed by atoms with van der Waals surface area (Å²) in [6.07, 6.45) is 3.93. The Labute approximate surface area is 173 Å². The highest BCUT2D eigenvalue weighted by Crippen LogP contribution is 2.30. The number of hydrogen-bond donors (Lipinski definition) is 0. The third-order valence-corrected chi connectivity index (χ3v) is 5.23. The average molecular weight is 401 g/mol. The summed E-state index contributed by atoms with van der Waals surface area (Å²) in [4.78, 5) is 14.1. The Bertz CT molecular complexity index is 1110. The van der Waals surface area contributed by atoms with E-state index in [1.165, 1.54) is 0 Å². The SMILES string of the molecule is CCOC(=O)c1c(-c2ccccc2)nn(-c2ccccc2)c1C=Cc1cccs1. The molecule has 2 heterocycles. The van der Waals surface area contributed by atoms with Crippen LogP contribution in [0.4, 0.5) is 0 Å². The fraction of sp³-hybridized carbons (Fsp3) is 0.0833. The zero-order chi connectivity index (χ0) is 20.1. The van der Waals surface area contributed by atoms with Crippen molar-refractivity contribution < 1.29 is 9.53 Å². The average Bonchev–Trinajstić information content (AvgIpc) is 3.41. The number of carbonyl (C=O) groups is 1. The lowest BCUT2D eigenvalue weighted by atomic mass is 10.1. The van der Waals surface area contributed by atoms with Crippen LogP contribution in [0.25, 0.3) is 29.1 Å². The van der Waals surface area contributed by atoms with Gasteiger partial charge in [-0.15, -0.1) is 11.3 Å². The molecule has 0 saturated heterocycles. The van der Waals surface area contributed by atoms with E-state index in [2.05, 4.69) is 0 Å². The van der Waals surface area contributed by atoms with Crippen LogP contribution in [0, 0.1) is 0 Å². The van der Waals surface area contributed by atoms with Crippen molar-refractivity contribution in [1.82, 2.24) is 9.78 Å². The van der Waals surface area contributed by atoms with Crippen LogP contribution in [-0.2, 0) is 4.74 Å². The second kappa shape index (κ2) is 8.71. The van der Waals surface area contributed by atoms with Gasteiger partial charge in [-0.3, -0.25) is 0 Å². The molecule has 4 aromatic rings. The van der Waals surface area contributed by atoms with Crippen molar-refractivity contribution in [2.24, 2.45) is 0 Å². The van der Waals surface area contributed by atoms with Gasteiger partial charge in [0.15, 0.2) is 0 Å². The molecule has 4 rings (SSSR count). The summed E-state index contributed by atoms with van der Waals surface area (Å²) < 4.78 is 7.20. The molecule has 2 aromatic heterocycles. The van der Waals surface area contributed by atoms with Gasteiger partial charge in [-0.05, 0) is 42.7 Å². The van der Waals surface area contributed by atoms with Crippen LogP contribution >= 0.6 is 11.3 Å². The molecule has 0 amide bonds. The summed E-state index contributed by atoms with van der Waals surface area (Å²) in [5, 5.41) is 6.85. The summed E-state index contributed by atoms with van der Waals surface area (Å²) in [6.45, 7) is 2.11. The van der Waals surface area contributed by atoms with Crippen LogP contribution in [-0.4, -0.2) is 22.4 Å².